The Balaban J connectivity index is 1.75. The summed E-state index contributed by atoms with van der Waals surface area (Å²) < 4.78 is 28.1. The highest BCUT2D eigenvalue weighted by Crippen LogP contribution is 2.53. The van der Waals surface area contributed by atoms with Gasteiger partial charge in [-0.05, 0) is 49.3 Å². The molecule has 0 bridgehead atoms. The summed E-state index contributed by atoms with van der Waals surface area (Å²) in [7, 11) is -3.45. The average Bonchev–Trinajstić information content (AvgIpc) is 2.80. The van der Waals surface area contributed by atoms with Crippen LogP contribution in [0.1, 0.15) is 30.0 Å². The van der Waals surface area contributed by atoms with E-state index < -0.39 is 10.0 Å². The first kappa shape index (κ1) is 14.9. The van der Waals surface area contributed by atoms with Crippen LogP contribution in [0.3, 0.4) is 0 Å². The zero-order valence-electron chi connectivity index (χ0n) is 13.2. The number of aryl methyl sites for hydroxylation is 1. The van der Waals surface area contributed by atoms with Crippen LogP contribution >= 0.6 is 0 Å². The largest absolute Gasteiger partial charge is 0.243 e. The maximum atomic E-state index is 13.2. The summed E-state index contributed by atoms with van der Waals surface area (Å²) in [6.45, 7) is 2.62. The van der Waals surface area contributed by atoms with Gasteiger partial charge in [-0.25, -0.2) is 8.42 Å². The molecule has 0 amide bonds. The van der Waals surface area contributed by atoms with E-state index in [1.165, 1.54) is 0 Å². The molecule has 2 aromatic carbocycles. The van der Waals surface area contributed by atoms with E-state index in [4.69, 9.17) is 0 Å². The number of hydrogen-bond acceptors (Lipinski definition) is 2. The molecule has 2 fully saturated rings. The SMILES string of the molecule is Cc1ccc(S(=O)(=O)N2C[C@@H]3CC[C@@H]3[C@H]2c2ccccc2)cc1. The Hall–Kier alpha value is -1.65. The second-order valence-electron chi connectivity index (χ2n) is 6.74. The van der Waals surface area contributed by atoms with E-state index in [-0.39, 0.29) is 6.04 Å². The Labute approximate surface area is 138 Å². The summed E-state index contributed by atoms with van der Waals surface area (Å²) in [4.78, 5) is 0.408. The van der Waals surface area contributed by atoms with Crippen molar-refractivity contribution in [3.05, 3.63) is 65.7 Å². The van der Waals surface area contributed by atoms with Crippen LogP contribution in [0.15, 0.2) is 59.5 Å². The van der Waals surface area contributed by atoms with E-state index in [1.54, 1.807) is 16.4 Å². The number of sulfonamides is 1. The van der Waals surface area contributed by atoms with Crippen molar-refractivity contribution in [1.29, 1.82) is 0 Å². The highest BCUT2D eigenvalue weighted by atomic mass is 32.2. The Bertz CT molecular complexity index is 799. The van der Waals surface area contributed by atoms with E-state index in [1.807, 2.05) is 37.3 Å². The first-order valence-electron chi connectivity index (χ1n) is 8.21. The molecular formula is C19H21NO2S. The predicted octanol–water partition coefficient (Wildman–Crippen LogP) is 3.77. The van der Waals surface area contributed by atoms with Gasteiger partial charge < -0.3 is 0 Å². The molecule has 4 heteroatoms. The van der Waals surface area contributed by atoms with Gasteiger partial charge in [-0.1, -0.05) is 48.0 Å². The van der Waals surface area contributed by atoms with Gasteiger partial charge in [0.25, 0.3) is 0 Å². The molecule has 0 aromatic heterocycles. The van der Waals surface area contributed by atoms with Crippen LogP contribution in [-0.2, 0) is 10.0 Å². The summed E-state index contributed by atoms with van der Waals surface area (Å²) in [5.74, 6) is 0.984. The highest BCUT2D eigenvalue weighted by molar-refractivity contribution is 7.89. The number of fused-ring (bicyclic) bond motifs is 1. The number of nitrogens with zero attached hydrogens (tertiary/aromatic N) is 1. The van der Waals surface area contributed by atoms with Gasteiger partial charge in [-0.2, -0.15) is 4.31 Å². The van der Waals surface area contributed by atoms with Gasteiger partial charge in [0.15, 0.2) is 0 Å². The van der Waals surface area contributed by atoms with Crippen molar-refractivity contribution >= 4 is 10.0 Å². The zero-order valence-corrected chi connectivity index (χ0v) is 14.0. The summed E-state index contributed by atoms with van der Waals surface area (Å²) >= 11 is 0. The first-order chi connectivity index (χ1) is 11.1. The number of benzene rings is 2. The van der Waals surface area contributed by atoms with Gasteiger partial charge in [-0.3, -0.25) is 0 Å². The van der Waals surface area contributed by atoms with E-state index in [2.05, 4.69) is 12.1 Å². The van der Waals surface area contributed by atoms with Gasteiger partial charge in [0.05, 0.1) is 10.9 Å². The third kappa shape index (κ3) is 2.41. The summed E-state index contributed by atoms with van der Waals surface area (Å²) in [6, 6.07) is 17.3. The smallest absolute Gasteiger partial charge is 0.207 e. The van der Waals surface area contributed by atoms with Gasteiger partial charge in [-0.15, -0.1) is 0 Å². The van der Waals surface area contributed by atoms with Gasteiger partial charge in [0.2, 0.25) is 10.0 Å². The molecule has 4 rings (SSSR count). The molecule has 2 aromatic rings. The fourth-order valence-corrected chi connectivity index (χ4v) is 5.67. The zero-order chi connectivity index (χ0) is 16.0. The Kier molecular flexibility index (Phi) is 3.54. The topological polar surface area (TPSA) is 37.4 Å². The van der Waals surface area contributed by atoms with Crippen LogP contribution in [0.5, 0.6) is 0 Å². The first-order valence-corrected chi connectivity index (χ1v) is 9.65. The van der Waals surface area contributed by atoms with E-state index in [9.17, 15) is 8.42 Å². The van der Waals surface area contributed by atoms with Crippen molar-refractivity contribution in [2.24, 2.45) is 11.8 Å². The van der Waals surface area contributed by atoms with Crippen LogP contribution in [0.4, 0.5) is 0 Å². The lowest BCUT2D eigenvalue weighted by atomic mass is 9.72. The van der Waals surface area contributed by atoms with Crippen LogP contribution < -0.4 is 0 Å². The molecule has 1 saturated heterocycles. The fourth-order valence-electron chi connectivity index (χ4n) is 3.95. The number of rotatable bonds is 3. The van der Waals surface area contributed by atoms with Crippen molar-refractivity contribution in [2.75, 3.05) is 6.54 Å². The molecule has 1 aliphatic heterocycles. The Morgan fingerprint density at radius 3 is 2.26 bits per heavy atom. The monoisotopic (exact) mass is 327 g/mol. The minimum atomic E-state index is -3.45. The summed E-state index contributed by atoms with van der Waals surface area (Å²) in [6.07, 6.45) is 2.28. The van der Waals surface area contributed by atoms with Crippen LogP contribution in [0, 0.1) is 18.8 Å². The molecule has 2 aliphatic rings. The molecular weight excluding hydrogens is 306 g/mol. The van der Waals surface area contributed by atoms with Crippen molar-refractivity contribution in [2.45, 2.75) is 30.7 Å². The molecule has 0 radical (unpaired) electrons. The van der Waals surface area contributed by atoms with Crippen molar-refractivity contribution in [1.82, 2.24) is 4.31 Å². The van der Waals surface area contributed by atoms with Crippen LogP contribution in [0.2, 0.25) is 0 Å². The molecule has 0 unspecified atom stereocenters. The third-order valence-corrected chi connectivity index (χ3v) is 7.24. The lowest BCUT2D eigenvalue weighted by molar-refractivity contribution is 0.204. The van der Waals surface area contributed by atoms with Crippen molar-refractivity contribution < 1.29 is 8.42 Å². The molecule has 0 spiro atoms. The van der Waals surface area contributed by atoms with Crippen molar-refractivity contribution in [3.63, 3.8) is 0 Å². The second-order valence-corrected chi connectivity index (χ2v) is 8.64. The minimum absolute atomic E-state index is 0.0127. The highest BCUT2D eigenvalue weighted by Gasteiger charge is 2.51. The fraction of sp³-hybridized carbons (Fsp3) is 0.368. The Morgan fingerprint density at radius 1 is 0.957 bits per heavy atom. The molecule has 23 heavy (non-hydrogen) atoms. The lowest BCUT2D eigenvalue weighted by Gasteiger charge is -2.34. The quantitative estimate of drug-likeness (QED) is 0.860. The number of hydrogen-bond donors (Lipinski definition) is 0. The molecule has 0 N–H and O–H groups in total. The minimum Gasteiger partial charge on any atom is -0.207 e. The Morgan fingerprint density at radius 2 is 1.65 bits per heavy atom. The van der Waals surface area contributed by atoms with Gasteiger partial charge in [0.1, 0.15) is 0 Å². The summed E-state index contributed by atoms with van der Waals surface area (Å²) in [5.41, 5.74) is 2.19. The predicted molar refractivity (Wildman–Crippen MR) is 90.5 cm³/mol. The second kappa shape index (κ2) is 5.46. The van der Waals surface area contributed by atoms with E-state index in [0.29, 0.717) is 23.3 Å². The maximum absolute atomic E-state index is 13.2. The van der Waals surface area contributed by atoms with E-state index >= 15 is 0 Å². The lowest BCUT2D eigenvalue weighted by Crippen LogP contribution is -2.32. The summed E-state index contributed by atoms with van der Waals surface area (Å²) in [5, 5.41) is 0. The molecule has 1 saturated carbocycles. The average molecular weight is 327 g/mol. The molecule has 1 aliphatic carbocycles. The van der Waals surface area contributed by atoms with Crippen LogP contribution in [-0.4, -0.2) is 19.3 Å². The molecule has 120 valence electrons. The van der Waals surface area contributed by atoms with E-state index in [0.717, 1.165) is 24.0 Å². The van der Waals surface area contributed by atoms with Gasteiger partial charge >= 0.3 is 0 Å². The molecule has 3 nitrogen and oxygen atoms in total. The molecule has 1 heterocycles. The van der Waals surface area contributed by atoms with Crippen molar-refractivity contribution in [3.8, 4) is 0 Å². The van der Waals surface area contributed by atoms with Crippen LogP contribution in [0.25, 0.3) is 0 Å². The maximum Gasteiger partial charge on any atom is 0.243 e. The standard InChI is InChI=1S/C19H21NO2S/c1-14-7-10-17(11-8-14)23(21,22)20-13-16-9-12-18(16)19(20)15-5-3-2-4-6-15/h2-8,10-11,16,18-19H,9,12-13H2,1H3/t16-,18-,19+/m0/s1. The molecule has 3 atom stereocenters. The normalized spacial score (nSPS) is 27.4. The third-order valence-electron chi connectivity index (χ3n) is 5.38. The van der Waals surface area contributed by atoms with Gasteiger partial charge in [0, 0.05) is 6.54 Å².